The molecule has 0 saturated carbocycles. The van der Waals surface area contributed by atoms with Gasteiger partial charge in [0, 0.05) is 23.2 Å². The zero-order valence-corrected chi connectivity index (χ0v) is 18.6. The number of halogens is 1. The summed E-state index contributed by atoms with van der Waals surface area (Å²) in [5.74, 6) is -0.544. The van der Waals surface area contributed by atoms with Crippen molar-refractivity contribution in [1.29, 1.82) is 0 Å². The molecule has 1 aromatic heterocycles. The summed E-state index contributed by atoms with van der Waals surface area (Å²) in [7, 11) is 1.35. The summed E-state index contributed by atoms with van der Waals surface area (Å²) in [6, 6.07) is 22.2. The number of fused-ring (bicyclic) bond motifs is 1. The summed E-state index contributed by atoms with van der Waals surface area (Å²) in [5.41, 5.74) is 3.96. The average molecular weight is 447 g/mol. The highest BCUT2D eigenvalue weighted by molar-refractivity contribution is 6.30. The molecule has 0 radical (unpaired) electrons. The first-order valence-corrected chi connectivity index (χ1v) is 10.7. The Morgan fingerprint density at radius 3 is 2.41 bits per heavy atom. The molecule has 0 aliphatic heterocycles. The number of nitrogens with zero attached hydrogens (tertiary/aromatic N) is 1. The molecule has 1 N–H and O–H groups in total. The van der Waals surface area contributed by atoms with Gasteiger partial charge in [-0.15, -0.1) is 0 Å². The number of methoxy groups -OCH3 is 1. The maximum absolute atomic E-state index is 13.2. The van der Waals surface area contributed by atoms with Crippen molar-refractivity contribution in [1.82, 2.24) is 9.88 Å². The molecule has 162 valence electrons. The molecule has 0 aliphatic carbocycles. The van der Waals surface area contributed by atoms with E-state index in [1.54, 1.807) is 12.1 Å². The van der Waals surface area contributed by atoms with Crippen LogP contribution in [-0.2, 0) is 11.3 Å². The van der Waals surface area contributed by atoms with Gasteiger partial charge in [-0.25, -0.2) is 4.79 Å². The summed E-state index contributed by atoms with van der Waals surface area (Å²) >= 11 is 6.00. The van der Waals surface area contributed by atoms with Gasteiger partial charge < -0.3 is 14.6 Å². The third kappa shape index (κ3) is 4.53. The predicted octanol–water partition coefficient (Wildman–Crippen LogP) is 5.62. The van der Waals surface area contributed by atoms with E-state index < -0.39 is 0 Å². The highest BCUT2D eigenvalue weighted by Crippen LogP contribution is 2.23. The summed E-state index contributed by atoms with van der Waals surface area (Å²) in [4.78, 5) is 24.8. The number of esters is 1. The number of hydrogen-bond acceptors (Lipinski definition) is 3. The molecule has 1 atom stereocenters. The molecule has 0 unspecified atom stereocenters. The second-order valence-electron chi connectivity index (χ2n) is 7.62. The van der Waals surface area contributed by atoms with Gasteiger partial charge in [-0.1, -0.05) is 48.0 Å². The van der Waals surface area contributed by atoms with Gasteiger partial charge in [0.2, 0.25) is 0 Å². The summed E-state index contributed by atoms with van der Waals surface area (Å²) in [6.07, 6.45) is 1.99. The van der Waals surface area contributed by atoms with Crippen molar-refractivity contribution in [2.45, 2.75) is 19.5 Å². The van der Waals surface area contributed by atoms with E-state index in [1.807, 2.05) is 73.8 Å². The van der Waals surface area contributed by atoms with Crippen molar-refractivity contribution in [3.63, 3.8) is 0 Å². The molecular weight excluding hydrogens is 424 g/mol. The van der Waals surface area contributed by atoms with Crippen LogP contribution in [0.5, 0.6) is 0 Å². The Labute approximate surface area is 191 Å². The zero-order chi connectivity index (χ0) is 22.7. The number of amides is 1. The lowest BCUT2D eigenvalue weighted by Crippen LogP contribution is -2.27. The Morgan fingerprint density at radius 1 is 1.00 bits per heavy atom. The number of benzene rings is 3. The standard InChI is InChI=1S/C26H23ClN2O3/c1-17(19-8-10-21(11-9-19)26(31)32-2)28-25(30)23-5-3-4-20-14-15-29(24(20)23)16-18-6-12-22(27)13-7-18/h3-15,17H,16H2,1-2H3,(H,28,30)/t17-/m1/s1. The molecule has 4 aromatic rings. The second-order valence-corrected chi connectivity index (χ2v) is 8.06. The van der Waals surface area contributed by atoms with Crippen LogP contribution in [0.25, 0.3) is 10.9 Å². The Bertz CT molecular complexity index is 1260. The maximum Gasteiger partial charge on any atom is 0.337 e. The van der Waals surface area contributed by atoms with Crippen molar-refractivity contribution in [2.75, 3.05) is 7.11 Å². The van der Waals surface area contributed by atoms with Crippen LogP contribution >= 0.6 is 11.6 Å². The Hall–Kier alpha value is -3.57. The number of ether oxygens (including phenoxy) is 1. The van der Waals surface area contributed by atoms with Crippen LogP contribution in [0.3, 0.4) is 0 Å². The summed E-state index contributed by atoms with van der Waals surface area (Å²) < 4.78 is 6.81. The maximum atomic E-state index is 13.2. The van der Waals surface area contributed by atoms with Gasteiger partial charge in [0.05, 0.1) is 29.8 Å². The van der Waals surface area contributed by atoms with Gasteiger partial charge in [0.1, 0.15) is 0 Å². The number of para-hydroxylation sites is 1. The molecule has 4 rings (SSSR count). The molecule has 0 saturated heterocycles. The van der Waals surface area contributed by atoms with Crippen LogP contribution < -0.4 is 5.32 Å². The van der Waals surface area contributed by atoms with E-state index in [4.69, 9.17) is 16.3 Å². The highest BCUT2D eigenvalue weighted by Gasteiger charge is 2.17. The number of hydrogen-bond donors (Lipinski definition) is 1. The van der Waals surface area contributed by atoms with E-state index in [-0.39, 0.29) is 17.9 Å². The number of carbonyl (C=O) groups excluding carboxylic acids is 2. The van der Waals surface area contributed by atoms with E-state index in [2.05, 4.69) is 9.88 Å². The van der Waals surface area contributed by atoms with Crippen molar-refractivity contribution in [3.8, 4) is 0 Å². The predicted molar refractivity (Wildman–Crippen MR) is 126 cm³/mol. The van der Waals surface area contributed by atoms with Crippen molar-refractivity contribution < 1.29 is 14.3 Å². The molecule has 0 spiro atoms. The van der Waals surface area contributed by atoms with Gasteiger partial charge in [0.15, 0.2) is 0 Å². The molecule has 32 heavy (non-hydrogen) atoms. The lowest BCUT2D eigenvalue weighted by molar-refractivity contribution is 0.0600. The number of carbonyl (C=O) groups is 2. The number of rotatable bonds is 6. The van der Waals surface area contributed by atoms with Gasteiger partial charge in [-0.3, -0.25) is 4.79 Å². The Morgan fingerprint density at radius 2 is 1.72 bits per heavy atom. The van der Waals surface area contributed by atoms with E-state index in [1.165, 1.54) is 7.11 Å². The number of nitrogens with one attached hydrogen (secondary N) is 1. The highest BCUT2D eigenvalue weighted by atomic mass is 35.5. The fourth-order valence-corrected chi connectivity index (χ4v) is 3.87. The first-order chi connectivity index (χ1) is 15.5. The van der Waals surface area contributed by atoms with Crippen molar-refractivity contribution in [3.05, 3.63) is 106 Å². The lowest BCUT2D eigenvalue weighted by atomic mass is 10.0. The zero-order valence-electron chi connectivity index (χ0n) is 17.8. The second kappa shape index (κ2) is 9.28. The van der Waals surface area contributed by atoms with E-state index in [0.29, 0.717) is 22.7 Å². The van der Waals surface area contributed by atoms with Crippen molar-refractivity contribution in [2.24, 2.45) is 0 Å². The van der Waals surface area contributed by atoms with Gasteiger partial charge in [-0.2, -0.15) is 0 Å². The molecule has 3 aromatic carbocycles. The molecule has 1 amide bonds. The minimum Gasteiger partial charge on any atom is -0.465 e. The molecule has 6 heteroatoms. The van der Waals surface area contributed by atoms with E-state index >= 15 is 0 Å². The van der Waals surface area contributed by atoms with Gasteiger partial charge in [-0.05, 0) is 54.4 Å². The molecule has 1 heterocycles. The SMILES string of the molecule is COC(=O)c1ccc([C@@H](C)NC(=O)c2cccc3ccn(Cc4ccc(Cl)cc4)c23)cc1. The monoisotopic (exact) mass is 446 g/mol. The van der Waals surface area contributed by atoms with Crippen LogP contribution in [-0.4, -0.2) is 23.6 Å². The van der Waals surface area contributed by atoms with Crippen LogP contribution in [0.15, 0.2) is 79.0 Å². The summed E-state index contributed by atoms with van der Waals surface area (Å²) in [6.45, 7) is 2.55. The average Bonchev–Trinajstić information content (AvgIpc) is 3.23. The minimum atomic E-state index is -0.388. The van der Waals surface area contributed by atoms with Crippen LogP contribution in [0, 0.1) is 0 Å². The van der Waals surface area contributed by atoms with E-state index in [0.717, 1.165) is 22.0 Å². The fraction of sp³-hybridized carbons (Fsp3) is 0.154. The minimum absolute atomic E-state index is 0.156. The van der Waals surface area contributed by atoms with Gasteiger partial charge >= 0.3 is 5.97 Å². The first-order valence-electron chi connectivity index (χ1n) is 10.3. The Balaban J connectivity index is 1.57. The molecule has 5 nitrogen and oxygen atoms in total. The third-order valence-corrected chi connectivity index (χ3v) is 5.73. The molecule has 0 bridgehead atoms. The van der Waals surface area contributed by atoms with Crippen molar-refractivity contribution >= 4 is 34.4 Å². The topological polar surface area (TPSA) is 60.3 Å². The van der Waals surface area contributed by atoms with Crippen LogP contribution in [0.2, 0.25) is 5.02 Å². The quantitative estimate of drug-likeness (QED) is 0.391. The summed E-state index contributed by atoms with van der Waals surface area (Å²) in [5, 5.41) is 4.77. The lowest BCUT2D eigenvalue weighted by Gasteiger charge is -2.16. The first kappa shape index (κ1) is 21.7. The number of aromatic nitrogens is 1. The van der Waals surface area contributed by atoms with Crippen LogP contribution in [0.1, 0.15) is 44.8 Å². The van der Waals surface area contributed by atoms with Crippen LogP contribution in [0.4, 0.5) is 0 Å². The molecule has 0 aliphatic rings. The van der Waals surface area contributed by atoms with Gasteiger partial charge in [0.25, 0.3) is 5.91 Å². The Kier molecular flexibility index (Phi) is 6.28. The molecular formula is C26H23ClN2O3. The molecule has 0 fully saturated rings. The van der Waals surface area contributed by atoms with E-state index in [9.17, 15) is 9.59 Å². The largest absolute Gasteiger partial charge is 0.465 e. The fourth-order valence-electron chi connectivity index (χ4n) is 3.75. The third-order valence-electron chi connectivity index (χ3n) is 5.48. The smallest absolute Gasteiger partial charge is 0.337 e. The normalized spacial score (nSPS) is 11.8.